The molecule has 2 atom stereocenters. The van der Waals surface area contributed by atoms with E-state index in [-0.39, 0.29) is 29.2 Å². The lowest BCUT2D eigenvalue weighted by molar-refractivity contribution is -0.133. The Bertz CT molecular complexity index is 566. The Labute approximate surface area is 145 Å². The number of amides is 2. The van der Waals surface area contributed by atoms with Crippen molar-refractivity contribution in [2.75, 3.05) is 6.54 Å². The molecule has 1 aromatic carbocycles. The third kappa shape index (κ3) is 5.08. The number of carbonyl (C=O) groups excluding carboxylic acids is 2. The zero-order chi connectivity index (χ0) is 17.7. The molecule has 1 aromatic rings. The molecule has 0 radical (unpaired) electrons. The average Bonchev–Trinajstić information content (AvgIpc) is 2.52. The summed E-state index contributed by atoms with van der Waals surface area (Å²) < 4.78 is 0. The molecule has 0 unspecified atom stereocenters. The molecular formula is C20H30N2O2. The summed E-state index contributed by atoms with van der Waals surface area (Å²) in [5, 5.41) is 6.08. The highest BCUT2D eigenvalue weighted by atomic mass is 16.2. The van der Waals surface area contributed by atoms with Crippen molar-refractivity contribution in [2.45, 2.75) is 58.4 Å². The minimum absolute atomic E-state index is 0.00242. The molecule has 0 saturated carbocycles. The summed E-state index contributed by atoms with van der Waals surface area (Å²) in [4.78, 5) is 24.5. The van der Waals surface area contributed by atoms with Gasteiger partial charge in [-0.1, -0.05) is 58.0 Å². The fourth-order valence-corrected chi connectivity index (χ4v) is 3.36. The second-order valence-corrected chi connectivity index (χ2v) is 8.00. The van der Waals surface area contributed by atoms with Gasteiger partial charge in [0.05, 0.1) is 0 Å². The molecule has 132 valence electrons. The van der Waals surface area contributed by atoms with E-state index >= 15 is 0 Å². The molecule has 1 heterocycles. The minimum atomic E-state index is -0.214. The third-order valence-electron chi connectivity index (χ3n) is 4.75. The van der Waals surface area contributed by atoms with Crippen LogP contribution in [0.1, 0.15) is 52.5 Å². The summed E-state index contributed by atoms with van der Waals surface area (Å²) in [5.74, 6) is 0.292. The summed E-state index contributed by atoms with van der Waals surface area (Å²) in [6.07, 6.45) is 1.96. The number of rotatable bonds is 6. The quantitative estimate of drug-likeness (QED) is 0.842. The molecule has 1 aliphatic rings. The molecule has 1 saturated heterocycles. The van der Waals surface area contributed by atoms with E-state index in [9.17, 15) is 9.59 Å². The number of piperidine rings is 1. The number of hydrogen-bond acceptors (Lipinski definition) is 2. The zero-order valence-electron chi connectivity index (χ0n) is 15.3. The summed E-state index contributed by atoms with van der Waals surface area (Å²) in [5.41, 5.74) is 1.06. The summed E-state index contributed by atoms with van der Waals surface area (Å²) >= 11 is 0. The van der Waals surface area contributed by atoms with Crippen LogP contribution >= 0.6 is 0 Å². The summed E-state index contributed by atoms with van der Waals surface area (Å²) in [6, 6.07) is 10.3. The van der Waals surface area contributed by atoms with Crippen molar-refractivity contribution in [1.29, 1.82) is 0 Å². The normalized spacial score (nSPS) is 21.5. The van der Waals surface area contributed by atoms with Crippen LogP contribution in [-0.2, 0) is 15.0 Å². The van der Waals surface area contributed by atoms with Gasteiger partial charge in [0.1, 0.15) is 0 Å². The van der Waals surface area contributed by atoms with Gasteiger partial charge in [-0.2, -0.15) is 0 Å². The largest absolute Gasteiger partial charge is 0.355 e. The molecule has 24 heavy (non-hydrogen) atoms. The molecule has 4 nitrogen and oxygen atoms in total. The highest BCUT2D eigenvalue weighted by Gasteiger charge is 2.32. The van der Waals surface area contributed by atoms with E-state index < -0.39 is 0 Å². The maximum atomic E-state index is 12.6. The standard InChI is InChI=1S/C20H30N2O2/c1-14(2)10-17-11-15(12-18(23)22-17)19(24)21-13-20(3,4)16-8-6-5-7-9-16/h5-9,14-15,17H,10-13H2,1-4H3,(H,21,24)(H,22,23)/t15-,17-/m0/s1. The Morgan fingerprint density at radius 1 is 1.29 bits per heavy atom. The van der Waals surface area contributed by atoms with Crippen molar-refractivity contribution in [2.24, 2.45) is 11.8 Å². The summed E-state index contributed by atoms with van der Waals surface area (Å²) in [7, 11) is 0. The number of carbonyl (C=O) groups is 2. The molecule has 0 bridgehead atoms. The van der Waals surface area contributed by atoms with Crippen LogP contribution in [0, 0.1) is 11.8 Å². The maximum absolute atomic E-state index is 12.6. The number of nitrogens with one attached hydrogen (secondary N) is 2. The van der Waals surface area contributed by atoms with Crippen LogP contribution in [0.25, 0.3) is 0 Å². The average molecular weight is 330 g/mol. The van der Waals surface area contributed by atoms with Crippen LogP contribution in [-0.4, -0.2) is 24.4 Å². The Morgan fingerprint density at radius 3 is 2.58 bits per heavy atom. The minimum Gasteiger partial charge on any atom is -0.355 e. The molecule has 0 aromatic heterocycles. The Morgan fingerprint density at radius 2 is 1.96 bits per heavy atom. The molecule has 4 heteroatoms. The topological polar surface area (TPSA) is 58.2 Å². The number of benzene rings is 1. The van der Waals surface area contributed by atoms with Crippen molar-refractivity contribution in [3.8, 4) is 0 Å². The zero-order valence-corrected chi connectivity index (χ0v) is 15.3. The molecule has 2 rings (SSSR count). The fourth-order valence-electron chi connectivity index (χ4n) is 3.36. The molecule has 2 amide bonds. The van der Waals surface area contributed by atoms with Crippen molar-refractivity contribution in [3.05, 3.63) is 35.9 Å². The predicted molar refractivity (Wildman–Crippen MR) is 96.6 cm³/mol. The lowest BCUT2D eigenvalue weighted by Crippen LogP contribution is -2.48. The van der Waals surface area contributed by atoms with Crippen molar-refractivity contribution in [3.63, 3.8) is 0 Å². The monoisotopic (exact) mass is 330 g/mol. The van der Waals surface area contributed by atoms with Crippen molar-refractivity contribution >= 4 is 11.8 Å². The van der Waals surface area contributed by atoms with Gasteiger partial charge in [0.2, 0.25) is 11.8 Å². The molecule has 0 aliphatic carbocycles. The van der Waals surface area contributed by atoms with Crippen LogP contribution in [0.2, 0.25) is 0 Å². The lowest BCUT2D eigenvalue weighted by Gasteiger charge is -2.31. The highest BCUT2D eigenvalue weighted by molar-refractivity contribution is 5.87. The van der Waals surface area contributed by atoms with E-state index in [1.807, 2.05) is 18.2 Å². The molecule has 0 spiro atoms. The van der Waals surface area contributed by atoms with Crippen LogP contribution < -0.4 is 10.6 Å². The van der Waals surface area contributed by atoms with Gasteiger partial charge in [0, 0.05) is 30.3 Å². The van der Waals surface area contributed by atoms with Crippen LogP contribution in [0.3, 0.4) is 0 Å². The fraction of sp³-hybridized carbons (Fsp3) is 0.600. The second kappa shape index (κ2) is 7.82. The first-order valence-corrected chi connectivity index (χ1v) is 8.90. The van der Waals surface area contributed by atoms with Gasteiger partial charge in [-0.3, -0.25) is 9.59 Å². The molecule has 2 N–H and O–H groups in total. The SMILES string of the molecule is CC(C)C[C@H]1C[C@H](C(=O)NCC(C)(C)c2ccccc2)CC(=O)N1. The first kappa shape index (κ1) is 18.5. The van der Waals surface area contributed by atoms with Gasteiger partial charge >= 0.3 is 0 Å². The van der Waals surface area contributed by atoms with Gasteiger partial charge in [-0.15, -0.1) is 0 Å². The first-order chi connectivity index (χ1) is 11.3. The van der Waals surface area contributed by atoms with E-state index in [0.717, 1.165) is 12.8 Å². The van der Waals surface area contributed by atoms with E-state index in [4.69, 9.17) is 0 Å². The smallest absolute Gasteiger partial charge is 0.223 e. The van der Waals surface area contributed by atoms with E-state index in [1.165, 1.54) is 5.56 Å². The predicted octanol–water partition coefficient (Wildman–Crippen LogP) is 3.02. The molecule has 1 fully saturated rings. The third-order valence-corrected chi connectivity index (χ3v) is 4.75. The van der Waals surface area contributed by atoms with Gasteiger partial charge < -0.3 is 10.6 Å². The summed E-state index contributed by atoms with van der Waals surface area (Å²) in [6.45, 7) is 9.09. The van der Waals surface area contributed by atoms with Gasteiger partial charge in [0.15, 0.2) is 0 Å². The lowest BCUT2D eigenvalue weighted by atomic mass is 9.83. The van der Waals surface area contributed by atoms with Gasteiger partial charge in [-0.25, -0.2) is 0 Å². The van der Waals surface area contributed by atoms with Gasteiger partial charge in [0.25, 0.3) is 0 Å². The van der Waals surface area contributed by atoms with Crippen molar-refractivity contribution in [1.82, 2.24) is 10.6 Å². The Hall–Kier alpha value is -1.84. The molecule has 1 aliphatic heterocycles. The van der Waals surface area contributed by atoms with Crippen LogP contribution in [0.15, 0.2) is 30.3 Å². The second-order valence-electron chi connectivity index (χ2n) is 8.00. The van der Waals surface area contributed by atoms with E-state index in [2.05, 4.69) is 50.5 Å². The van der Waals surface area contributed by atoms with E-state index in [1.54, 1.807) is 0 Å². The van der Waals surface area contributed by atoms with Crippen LogP contribution in [0.5, 0.6) is 0 Å². The Kier molecular flexibility index (Phi) is 6.03. The Balaban J connectivity index is 1.93. The first-order valence-electron chi connectivity index (χ1n) is 8.90. The highest BCUT2D eigenvalue weighted by Crippen LogP contribution is 2.24. The van der Waals surface area contributed by atoms with Crippen LogP contribution in [0.4, 0.5) is 0 Å². The number of hydrogen-bond donors (Lipinski definition) is 2. The van der Waals surface area contributed by atoms with Gasteiger partial charge in [-0.05, 0) is 24.3 Å². The van der Waals surface area contributed by atoms with E-state index in [0.29, 0.717) is 18.9 Å². The molecular weight excluding hydrogens is 300 g/mol. The maximum Gasteiger partial charge on any atom is 0.223 e. The van der Waals surface area contributed by atoms with Crippen molar-refractivity contribution < 1.29 is 9.59 Å².